The summed E-state index contributed by atoms with van der Waals surface area (Å²) < 4.78 is 4.63. The van der Waals surface area contributed by atoms with Crippen LogP contribution in [0.4, 0.5) is 5.69 Å². The average molecular weight is 549 g/mol. The topological polar surface area (TPSA) is 87.2 Å². The molecule has 2 bridgehead atoms. The molecule has 0 saturated carbocycles. The van der Waals surface area contributed by atoms with Crippen LogP contribution in [0.2, 0.25) is 5.02 Å². The van der Waals surface area contributed by atoms with Crippen LogP contribution in [-0.2, 0) is 19.1 Å². The lowest BCUT2D eigenvalue weighted by Gasteiger charge is -2.40. The molecule has 1 N–H and O–H groups in total. The molecule has 6 atom stereocenters. The highest BCUT2D eigenvalue weighted by atomic mass is 35.5. The van der Waals surface area contributed by atoms with Gasteiger partial charge in [0.1, 0.15) is 6.04 Å². The van der Waals surface area contributed by atoms with E-state index in [1.54, 1.807) is 40.6 Å². The van der Waals surface area contributed by atoms with Crippen molar-refractivity contribution in [3.8, 4) is 0 Å². The third-order valence-electron chi connectivity index (χ3n) is 7.91. The number of carbonyl (C=O) groups excluding carboxylic acids is 3. The van der Waals surface area contributed by atoms with E-state index in [9.17, 15) is 19.5 Å². The quantitative estimate of drug-likeness (QED) is 0.348. The Morgan fingerprint density at radius 2 is 2.14 bits per heavy atom. The Morgan fingerprint density at radius 3 is 2.73 bits per heavy atom. The van der Waals surface area contributed by atoms with Crippen molar-refractivity contribution in [2.75, 3.05) is 24.7 Å². The molecule has 202 valence electrons. The van der Waals surface area contributed by atoms with Gasteiger partial charge >= 0.3 is 5.97 Å². The van der Waals surface area contributed by atoms with Crippen LogP contribution in [0.1, 0.15) is 45.6 Å². The van der Waals surface area contributed by atoms with Crippen molar-refractivity contribution in [2.24, 2.45) is 17.8 Å². The fourth-order valence-electron chi connectivity index (χ4n) is 6.62. The monoisotopic (exact) mass is 548 g/mol. The van der Waals surface area contributed by atoms with Gasteiger partial charge in [-0.25, -0.2) is 0 Å². The summed E-state index contributed by atoms with van der Waals surface area (Å²) in [5, 5.41) is 10.8. The smallest absolute Gasteiger partial charge is 0.310 e. The van der Waals surface area contributed by atoms with Crippen LogP contribution in [0.15, 0.2) is 30.9 Å². The molecule has 1 aromatic rings. The maximum Gasteiger partial charge on any atom is 0.310 e. The number of benzene rings is 1. The summed E-state index contributed by atoms with van der Waals surface area (Å²) in [6, 6.07) is 4.09. The van der Waals surface area contributed by atoms with E-state index in [0.29, 0.717) is 23.6 Å². The molecule has 2 unspecified atom stereocenters. The first kappa shape index (κ1) is 28.0. The second-order valence-corrected chi connectivity index (χ2v) is 12.7. The molecule has 9 heteroatoms. The summed E-state index contributed by atoms with van der Waals surface area (Å²) in [6.45, 7) is 11.8. The van der Waals surface area contributed by atoms with Gasteiger partial charge in [-0.15, -0.1) is 18.3 Å². The van der Waals surface area contributed by atoms with Crippen LogP contribution in [0.3, 0.4) is 0 Å². The van der Waals surface area contributed by atoms with Gasteiger partial charge in [0.25, 0.3) is 5.91 Å². The second-order valence-electron chi connectivity index (χ2n) is 10.7. The third-order valence-corrected chi connectivity index (χ3v) is 10.2. The Hall–Kier alpha value is -2.03. The van der Waals surface area contributed by atoms with E-state index in [0.717, 1.165) is 12.0 Å². The number of amides is 2. The van der Waals surface area contributed by atoms with Gasteiger partial charge in [0.15, 0.2) is 0 Å². The van der Waals surface area contributed by atoms with Crippen LogP contribution < -0.4 is 4.90 Å². The molecule has 3 fully saturated rings. The highest BCUT2D eigenvalue weighted by molar-refractivity contribution is 8.02. The van der Waals surface area contributed by atoms with Crippen LogP contribution in [0.25, 0.3) is 0 Å². The Bertz CT molecular complexity index is 1060. The van der Waals surface area contributed by atoms with E-state index in [-0.39, 0.29) is 48.7 Å². The van der Waals surface area contributed by atoms with Crippen molar-refractivity contribution < 1.29 is 24.2 Å². The Morgan fingerprint density at radius 1 is 1.41 bits per heavy atom. The predicted octanol–water partition coefficient (Wildman–Crippen LogP) is 4.23. The second kappa shape index (κ2) is 11.0. The molecule has 4 rings (SSSR count). The standard InChI is InChI=1S/C28H37ClN2O5S/c1-6-13-30(23-17(5)9-8-10-19(23)29)26(34)24-28-12-11-20(37-28)21(27(35)36-7-2)22(28)25(33)31(24)18(15-32)14-16(3)4/h6,8-10,16,18,20-22,24,32H,1,7,11-15H2,2-5H3/t18-,20-,21+,22+,24?,28?/m1/s1. The van der Waals surface area contributed by atoms with Gasteiger partial charge in [0.2, 0.25) is 5.91 Å². The average Bonchev–Trinajstić information content (AvgIpc) is 3.49. The lowest BCUT2D eigenvalue weighted by atomic mass is 9.71. The molecule has 3 aliphatic rings. The van der Waals surface area contributed by atoms with E-state index >= 15 is 0 Å². The van der Waals surface area contributed by atoms with Crippen LogP contribution in [-0.4, -0.2) is 69.6 Å². The number of nitrogens with zero attached hydrogens (tertiary/aromatic N) is 2. The zero-order valence-corrected chi connectivity index (χ0v) is 23.6. The van der Waals surface area contributed by atoms with Crippen molar-refractivity contribution in [1.82, 2.24) is 4.90 Å². The van der Waals surface area contributed by atoms with Crippen LogP contribution in [0.5, 0.6) is 0 Å². The number of rotatable bonds is 10. The molecule has 1 aromatic carbocycles. The number of ether oxygens (including phenoxy) is 1. The molecule has 3 saturated heterocycles. The molecule has 0 radical (unpaired) electrons. The van der Waals surface area contributed by atoms with E-state index in [2.05, 4.69) is 6.58 Å². The molecule has 0 aliphatic carbocycles. The summed E-state index contributed by atoms with van der Waals surface area (Å²) in [4.78, 5) is 45.2. The number of carbonyl (C=O) groups is 3. The van der Waals surface area contributed by atoms with Gasteiger partial charge in [-0.2, -0.15) is 0 Å². The Balaban J connectivity index is 1.86. The molecule has 2 amide bonds. The first-order valence-corrected chi connectivity index (χ1v) is 14.3. The number of anilines is 1. The lowest BCUT2D eigenvalue weighted by molar-refractivity contribution is -0.154. The van der Waals surface area contributed by atoms with Crippen molar-refractivity contribution >= 4 is 46.8 Å². The SMILES string of the molecule is C=CCN(C(=O)C1N([C@@H](CO)CC(C)C)C(=O)[C@@H]2[C@@H](C(=O)OCC)[C@H]3CCC12S3)c1c(C)cccc1Cl. The molecule has 0 aromatic heterocycles. The molecule has 1 spiro atoms. The summed E-state index contributed by atoms with van der Waals surface area (Å²) in [6.07, 6.45) is 3.57. The molecule has 3 heterocycles. The number of hydrogen-bond donors (Lipinski definition) is 1. The zero-order valence-electron chi connectivity index (χ0n) is 22.0. The molecular formula is C28H37ClN2O5S. The van der Waals surface area contributed by atoms with E-state index in [1.807, 2.05) is 32.9 Å². The Labute approximate surface area is 228 Å². The first-order valence-electron chi connectivity index (χ1n) is 13.1. The highest BCUT2D eigenvalue weighted by Crippen LogP contribution is 2.67. The number of thioether (sulfide) groups is 1. The number of aryl methyl sites for hydroxylation is 1. The minimum atomic E-state index is -0.842. The zero-order chi connectivity index (χ0) is 27.1. The minimum Gasteiger partial charge on any atom is -0.466 e. The van der Waals surface area contributed by atoms with Crippen molar-refractivity contribution in [2.45, 2.75) is 69.0 Å². The van der Waals surface area contributed by atoms with Gasteiger partial charge in [0, 0.05) is 11.8 Å². The van der Waals surface area contributed by atoms with Crippen molar-refractivity contribution in [3.05, 3.63) is 41.4 Å². The first-order chi connectivity index (χ1) is 17.6. The number of hydrogen-bond acceptors (Lipinski definition) is 6. The van der Waals surface area contributed by atoms with Crippen LogP contribution in [0, 0.1) is 24.7 Å². The summed E-state index contributed by atoms with van der Waals surface area (Å²) in [7, 11) is 0. The maximum absolute atomic E-state index is 14.6. The summed E-state index contributed by atoms with van der Waals surface area (Å²) in [5.41, 5.74) is 1.42. The predicted molar refractivity (Wildman–Crippen MR) is 147 cm³/mol. The van der Waals surface area contributed by atoms with Gasteiger partial charge in [-0.1, -0.05) is 43.7 Å². The number of esters is 1. The third kappa shape index (κ3) is 4.59. The van der Waals surface area contributed by atoms with Crippen molar-refractivity contribution in [3.63, 3.8) is 0 Å². The summed E-state index contributed by atoms with van der Waals surface area (Å²) >= 11 is 8.20. The van der Waals surface area contributed by atoms with E-state index in [1.165, 1.54) is 0 Å². The van der Waals surface area contributed by atoms with E-state index in [4.69, 9.17) is 16.3 Å². The highest BCUT2D eigenvalue weighted by Gasteiger charge is 2.74. The van der Waals surface area contributed by atoms with Crippen molar-refractivity contribution in [1.29, 1.82) is 0 Å². The normalized spacial score (nSPS) is 28.9. The number of aliphatic hydroxyl groups excluding tert-OH is 1. The maximum atomic E-state index is 14.6. The molecule has 7 nitrogen and oxygen atoms in total. The van der Waals surface area contributed by atoms with Gasteiger partial charge < -0.3 is 19.6 Å². The number of fused-ring (bicyclic) bond motifs is 1. The Kier molecular flexibility index (Phi) is 8.31. The molecule has 37 heavy (non-hydrogen) atoms. The van der Waals surface area contributed by atoms with Gasteiger partial charge in [0.05, 0.1) is 46.5 Å². The number of halogens is 1. The number of para-hydroxylation sites is 1. The fourth-order valence-corrected chi connectivity index (χ4v) is 9.13. The summed E-state index contributed by atoms with van der Waals surface area (Å²) in [5.74, 6) is -1.93. The van der Waals surface area contributed by atoms with Crippen LogP contribution >= 0.6 is 23.4 Å². The number of aliphatic hydroxyl groups is 1. The fraction of sp³-hybridized carbons (Fsp3) is 0.607. The van der Waals surface area contributed by atoms with Gasteiger partial charge in [-0.05, 0) is 50.7 Å². The minimum absolute atomic E-state index is 0.0713. The largest absolute Gasteiger partial charge is 0.466 e. The molecular weight excluding hydrogens is 512 g/mol. The molecule has 3 aliphatic heterocycles. The van der Waals surface area contributed by atoms with E-state index < -0.39 is 28.7 Å². The number of likely N-dealkylation sites (tertiary alicyclic amines) is 1. The van der Waals surface area contributed by atoms with Gasteiger partial charge in [-0.3, -0.25) is 14.4 Å². The lowest BCUT2D eigenvalue weighted by Crippen LogP contribution is -2.58.